The Kier molecular flexibility index (Phi) is 5.84. The fourth-order valence-electron chi connectivity index (χ4n) is 2.47. The van der Waals surface area contributed by atoms with E-state index in [1.165, 1.54) is 0 Å². The van der Waals surface area contributed by atoms with Gasteiger partial charge in [0.05, 0.1) is 19.5 Å². The average Bonchev–Trinajstić information content (AvgIpc) is 3.22. The quantitative estimate of drug-likeness (QED) is 0.675. The summed E-state index contributed by atoms with van der Waals surface area (Å²) in [5, 5.41) is 5.35. The molecule has 138 valence electrons. The SMILES string of the molecule is CCOc1ccc(C(=O)NCC(=O)Nc2ccc(-n3ccnc3)cc2)cc1. The number of anilines is 1. The van der Waals surface area contributed by atoms with Crippen molar-refractivity contribution in [2.45, 2.75) is 6.92 Å². The third-order valence-electron chi connectivity index (χ3n) is 3.79. The van der Waals surface area contributed by atoms with E-state index in [1.54, 1.807) is 48.9 Å². The lowest BCUT2D eigenvalue weighted by atomic mass is 10.2. The molecule has 0 atom stereocenters. The molecule has 2 N–H and O–H groups in total. The first-order valence-electron chi connectivity index (χ1n) is 8.55. The van der Waals surface area contributed by atoms with E-state index in [4.69, 9.17) is 4.74 Å². The lowest BCUT2D eigenvalue weighted by Crippen LogP contribution is -2.32. The molecule has 2 amide bonds. The Morgan fingerprint density at radius 1 is 1.07 bits per heavy atom. The van der Waals surface area contributed by atoms with Crippen LogP contribution in [0.5, 0.6) is 5.75 Å². The molecule has 0 unspecified atom stereocenters. The minimum Gasteiger partial charge on any atom is -0.494 e. The van der Waals surface area contributed by atoms with Gasteiger partial charge in [0, 0.05) is 29.3 Å². The Morgan fingerprint density at radius 2 is 1.81 bits per heavy atom. The maximum atomic E-state index is 12.1. The monoisotopic (exact) mass is 364 g/mol. The molecule has 0 aliphatic carbocycles. The topological polar surface area (TPSA) is 85.2 Å². The lowest BCUT2D eigenvalue weighted by Gasteiger charge is -2.09. The normalized spacial score (nSPS) is 10.3. The molecule has 0 saturated heterocycles. The number of ether oxygens (including phenoxy) is 1. The number of hydrogen-bond acceptors (Lipinski definition) is 4. The number of carbonyl (C=O) groups excluding carboxylic acids is 2. The smallest absolute Gasteiger partial charge is 0.251 e. The molecule has 0 bridgehead atoms. The standard InChI is InChI=1S/C20H20N4O3/c1-2-27-18-9-3-15(4-10-18)20(26)22-13-19(25)23-16-5-7-17(8-6-16)24-12-11-21-14-24/h3-12,14H,2,13H2,1H3,(H,22,26)(H,23,25). The van der Waals surface area contributed by atoms with Crippen LogP contribution in [0.15, 0.2) is 67.3 Å². The third-order valence-corrected chi connectivity index (χ3v) is 3.79. The number of benzene rings is 2. The number of hydrogen-bond donors (Lipinski definition) is 2. The molecule has 0 radical (unpaired) electrons. The molecule has 3 aromatic rings. The number of aromatic nitrogens is 2. The van der Waals surface area contributed by atoms with Crippen molar-refractivity contribution in [2.24, 2.45) is 0 Å². The van der Waals surface area contributed by atoms with Gasteiger partial charge in [0.1, 0.15) is 5.75 Å². The first-order valence-corrected chi connectivity index (χ1v) is 8.55. The average molecular weight is 364 g/mol. The van der Waals surface area contributed by atoms with Gasteiger partial charge in [-0.2, -0.15) is 0 Å². The number of carbonyl (C=O) groups is 2. The molecular weight excluding hydrogens is 344 g/mol. The summed E-state index contributed by atoms with van der Waals surface area (Å²) in [7, 11) is 0. The van der Waals surface area contributed by atoms with E-state index in [0.29, 0.717) is 23.6 Å². The van der Waals surface area contributed by atoms with Crippen LogP contribution in [0.2, 0.25) is 0 Å². The van der Waals surface area contributed by atoms with Gasteiger partial charge in [-0.1, -0.05) is 0 Å². The van der Waals surface area contributed by atoms with Gasteiger partial charge in [-0.05, 0) is 55.5 Å². The second kappa shape index (κ2) is 8.66. The van der Waals surface area contributed by atoms with Gasteiger partial charge in [-0.3, -0.25) is 9.59 Å². The van der Waals surface area contributed by atoms with Crippen LogP contribution < -0.4 is 15.4 Å². The van der Waals surface area contributed by atoms with Crippen molar-refractivity contribution in [1.29, 1.82) is 0 Å². The lowest BCUT2D eigenvalue weighted by molar-refractivity contribution is -0.115. The van der Waals surface area contributed by atoms with Crippen LogP contribution in [0.4, 0.5) is 5.69 Å². The first kappa shape index (κ1) is 18.2. The van der Waals surface area contributed by atoms with Gasteiger partial charge in [0.2, 0.25) is 5.91 Å². The Morgan fingerprint density at radius 3 is 2.44 bits per heavy atom. The summed E-state index contributed by atoms with van der Waals surface area (Å²) in [5.74, 6) is 0.0826. The van der Waals surface area contributed by atoms with Crippen LogP contribution in [0.3, 0.4) is 0 Å². The van der Waals surface area contributed by atoms with Crippen molar-refractivity contribution < 1.29 is 14.3 Å². The molecule has 0 fully saturated rings. The highest BCUT2D eigenvalue weighted by molar-refractivity contribution is 5.99. The van der Waals surface area contributed by atoms with Gasteiger partial charge < -0.3 is 19.9 Å². The van der Waals surface area contributed by atoms with E-state index >= 15 is 0 Å². The molecule has 3 rings (SSSR count). The summed E-state index contributed by atoms with van der Waals surface area (Å²) in [6, 6.07) is 14.1. The van der Waals surface area contributed by atoms with E-state index < -0.39 is 0 Å². The molecule has 27 heavy (non-hydrogen) atoms. The highest BCUT2D eigenvalue weighted by Gasteiger charge is 2.09. The molecule has 0 aliphatic heterocycles. The highest BCUT2D eigenvalue weighted by atomic mass is 16.5. The van der Waals surface area contributed by atoms with Gasteiger partial charge in [-0.15, -0.1) is 0 Å². The zero-order valence-electron chi connectivity index (χ0n) is 14.9. The van der Waals surface area contributed by atoms with Crippen LogP contribution in [0.1, 0.15) is 17.3 Å². The Balaban J connectivity index is 1.49. The zero-order valence-corrected chi connectivity index (χ0v) is 14.9. The molecule has 0 aliphatic rings. The Bertz CT molecular complexity index is 888. The third kappa shape index (κ3) is 4.94. The van der Waals surface area contributed by atoms with Crippen LogP contribution in [0, 0.1) is 0 Å². The van der Waals surface area contributed by atoms with E-state index in [9.17, 15) is 9.59 Å². The summed E-state index contributed by atoms with van der Waals surface area (Å²) in [6.45, 7) is 2.34. The van der Waals surface area contributed by atoms with Gasteiger partial charge in [0.25, 0.3) is 5.91 Å². The molecule has 1 heterocycles. The molecule has 0 saturated carbocycles. The van der Waals surface area contributed by atoms with Gasteiger partial charge >= 0.3 is 0 Å². The summed E-state index contributed by atoms with van der Waals surface area (Å²) in [4.78, 5) is 28.1. The molecule has 7 nitrogen and oxygen atoms in total. The van der Waals surface area contributed by atoms with Crippen molar-refractivity contribution in [3.8, 4) is 11.4 Å². The van der Waals surface area contributed by atoms with E-state index in [-0.39, 0.29) is 18.4 Å². The van der Waals surface area contributed by atoms with Crippen LogP contribution in [-0.4, -0.2) is 34.5 Å². The summed E-state index contributed by atoms with van der Waals surface area (Å²) < 4.78 is 7.20. The predicted octanol–water partition coefficient (Wildman–Crippen LogP) is 2.64. The maximum absolute atomic E-state index is 12.1. The fraction of sp³-hybridized carbons (Fsp3) is 0.150. The largest absolute Gasteiger partial charge is 0.494 e. The van der Waals surface area contributed by atoms with Crippen molar-refractivity contribution in [3.05, 3.63) is 72.8 Å². The van der Waals surface area contributed by atoms with E-state index in [1.807, 2.05) is 29.8 Å². The Hall–Kier alpha value is -3.61. The summed E-state index contributed by atoms with van der Waals surface area (Å²) in [6.07, 6.45) is 5.23. The number of rotatable bonds is 7. The van der Waals surface area contributed by atoms with Crippen molar-refractivity contribution >= 4 is 17.5 Å². The van der Waals surface area contributed by atoms with Crippen LogP contribution >= 0.6 is 0 Å². The van der Waals surface area contributed by atoms with E-state index in [2.05, 4.69) is 15.6 Å². The maximum Gasteiger partial charge on any atom is 0.251 e. The first-order chi connectivity index (χ1) is 13.2. The summed E-state index contributed by atoms with van der Waals surface area (Å²) >= 11 is 0. The number of imidazole rings is 1. The number of nitrogens with one attached hydrogen (secondary N) is 2. The second-order valence-electron chi connectivity index (χ2n) is 5.71. The van der Waals surface area contributed by atoms with Gasteiger partial charge in [0.15, 0.2) is 0 Å². The summed E-state index contributed by atoms with van der Waals surface area (Å²) in [5.41, 5.74) is 2.06. The molecular formula is C20H20N4O3. The Labute approximate surface area is 157 Å². The second-order valence-corrected chi connectivity index (χ2v) is 5.71. The predicted molar refractivity (Wildman–Crippen MR) is 102 cm³/mol. The van der Waals surface area contributed by atoms with Crippen molar-refractivity contribution in [2.75, 3.05) is 18.5 Å². The molecule has 2 aromatic carbocycles. The zero-order chi connectivity index (χ0) is 19.1. The number of nitrogens with zero attached hydrogens (tertiary/aromatic N) is 2. The van der Waals surface area contributed by atoms with Crippen LogP contribution in [0.25, 0.3) is 5.69 Å². The van der Waals surface area contributed by atoms with Gasteiger partial charge in [-0.25, -0.2) is 4.98 Å². The van der Waals surface area contributed by atoms with Crippen LogP contribution in [-0.2, 0) is 4.79 Å². The van der Waals surface area contributed by atoms with E-state index in [0.717, 1.165) is 5.69 Å². The minimum atomic E-state index is -0.316. The molecule has 0 spiro atoms. The molecule has 1 aromatic heterocycles. The fourth-order valence-corrected chi connectivity index (χ4v) is 2.47. The number of amides is 2. The molecule has 7 heteroatoms. The van der Waals surface area contributed by atoms with Crippen molar-refractivity contribution in [1.82, 2.24) is 14.9 Å². The minimum absolute atomic E-state index is 0.116. The van der Waals surface area contributed by atoms with Crippen molar-refractivity contribution in [3.63, 3.8) is 0 Å². The highest BCUT2D eigenvalue weighted by Crippen LogP contribution is 2.13.